The molecular weight excluding hydrogens is 376 g/mol. The van der Waals surface area contributed by atoms with Crippen molar-refractivity contribution in [2.75, 3.05) is 23.8 Å². The normalized spacial score (nSPS) is 11.1. The molecule has 0 aliphatic carbocycles. The van der Waals surface area contributed by atoms with Crippen LogP contribution in [0.1, 0.15) is 43.5 Å². The second-order valence-corrected chi connectivity index (χ2v) is 6.12. The molecular formula is C21H29ClN4O2. The first-order valence-electron chi connectivity index (χ1n) is 9.24. The number of nitrogens with two attached hydrogens (primary N) is 1. The van der Waals surface area contributed by atoms with E-state index in [1.54, 1.807) is 31.2 Å². The minimum absolute atomic E-state index is 0. The summed E-state index contributed by atoms with van der Waals surface area (Å²) in [6, 6.07) is 12.5. The van der Waals surface area contributed by atoms with E-state index in [1.807, 2.05) is 18.2 Å². The highest BCUT2D eigenvalue weighted by Gasteiger charge is 2.23. The van der Waals surface area contributed by atoms with Crippen LogP contribution in [0.4, 0.5) is 11.4 Å². The average Bonchev–Trinajstić information content (AvgIpc) is 2.67. The number of rotatable bonds is 9. The fourth-order valence-electron chi connectivity index (χ4n) is 2.87. The number of amidine groups is 1. The number of esters is 1. The maximum atomic E-state index is 12.6. The molecule has 2 aromatic carbocycles. The third-order valence-electron chi connectivity index (χ3n) is 4.24. The zero-order valence-corrected chi connectivity index (χ0v) is 17.4. The molecule has 0 aromatic heterocycles. The lowest BCUT2D eigenvalue weighted by atomic mass is 10.0. The molecule has 0 aliphatic heterocycles. The topological polar surface area (TPSA) is 100 Å². The number of nitrogens with one attached hydrogen (secondary N) is 3. The maximum absolute atomic E-state index is 12.6. The van der Waals surface area contributed by atoms with Crippen LogP contribution < -0.4 is 16.4 Å². The number of nitrogen functional groups attached to an aromatic ring is 1. The van der Waals surface area contributed by atoms with E-state index < -0.39 is 6.04 Å². The smallest absolute Gasteiger partial charge is 0.333 e. The summed E-state index contributed by atoms with van der Waals surface area (Å²) in [4.78, 5) is 12.6. The van der Waals surface area contributed by atoms with Crippen molar-refractivity contribution in [1.29, 1.82) is 5.41 Å². The van der Waals surface area contributed by atoms with Gasteiger partial charge in [-0.05, 0) is 61.7 Å². The van der Waals surface area contributed by atoms with E-state index in [2.05, 4.69) is 24.5 Å². The van der Waals surface area contributed by atoms with Gasteiger partial charge in [0.05, 0.1) is 6.61 Å². The second-order valence-electron chi connectivity index (χ2n) is 6.12. The van der Waals surface area contributed by atoms with Gasteiger partial charge in [0, 0.05) is 23.5 Å². The van der Waals surface area contributed by atoms with E-state index in [1.165, 1.54) is 0 Å². The summed E-state index contributed by atoms with van der Waals surface area (Å²) in [5.41, 5.74) is 9.97. The predicted octanol–water partition coefficient (Wildman–Crippen LogP) is 4.10. The Morgan fingerprint density at radius 3 is 2.36 bits per heavy atom. The Kier molecular flexibility index (Phi) is 9.32. The van der Waals surface area contributed by atoms with Crippen LogP contribution in [0.2, 0.25) is 0 Å². The van der Waals surface area contributed by atoms with Gasteiger partial charge >= 0.3 is 5.97 Å². The number of carbonyl (C=O) groups excluding carboxylic acids is 1. The molecule has 1 unspecified atom stereocenters. The summed E-state index contributed by atoms with van der Waals surface area (Å²) >= 11 is 0. The lowest BCUT2D eigenvalue weighted by Crippen LogP contribution is -2.23. The van der Waals surface area contributed by atoms with Crippen LogP contribution in [0.15, 0.2) is 42.5 Å². The highest BCUT2D eigenvalue weighted by Crippen LogP contribution is 2.26. The van der Waals surface area contributed by atoms with Crippen LogP contribution in [0.25, 0.3) is 0 Å². The molecule has 2 aromatic rings. The van der Waals surface area contributed by atoms with Crippen molar-refractivity contribution in [1.82, 2.24) is 0 Å². The van der Waals surface area contributed by atoms with Crippen molar-refractivity contribution in [3.63, 3.8) is 0 Å². The van der Waals surface area contributed by atoms with Gasteiger partial charge in [-0.25, -0.2) is 4.79 Å². The zero-order valence-electron chi connectivity index (χ0n) is 16.5. The molecule has 28 heavy (non-hydrogen) atoms. The van der Waals surface area contributed by atoms with E-state index >= 15 is 0 Å². The summed E-state index contributed by atoms with van der Waals surface area (Å²) in [5.74, 6) is -0.318. The Labute approximate surface area is 172 Å². The van der Waals surface area contributed by atoms with Crippen molar-refractivity contribution < 1.29 is 9.53 Å². The number of anilines is 2. The van der Waals surface area contributed by atoms with Crippen molar-refractivity contribution in [2.24, 2.45) is 5.73 Å². The van der Waals surface area contributed by atoms with Crippen molar-refractivity contribution in [3.8, 4) is 0 Å². The van der Waals surface area contributed by atoms with Crippen LogP contribution in [0, 0.1) is 5.41 Å². The molecule has 6 nitrogen and oxygen atoms in total. The van der Waals surface area contributed by atoms with Gasteiger partial charge in [0.2, 0.25) is 0 Å². The van der Waals surface area contributed by atoms with Gasteiger partial charge in [0.25, 0.3) is 0 Å². The fourth-order valence-corrected chi connectivity index (χ4v) is 2.87. The monoisotopic (exact) mass is 404 g/mol. The van der Waals surface area contributed by atoms with E-state index in [0.29, 0.717) is 12.2 Å². The van der Waals surface area contributed by atoms with Gasteiger partial charge in [-0.3, -0.25) is 5.41 Å². The number of hydrogen-bond donors (Lipinski definition) is 4. The van der Waals surface area contributed by atoms with Crippen LogP contribution in [-0.4, -0.2) is 25.0 Å². The van der Waals surface area contributed by atoms with Gasteiger partial charge in [-0.1, -0.05) is 19.1 Å². The van der Waals surface area contributed by atoms with E-state index in [-0.39, 0.29) is 24.2 Å². The molecule has 2 rings (SSSR count). The van der Waals surface area contributed by atoms with Gasteiger partial charge in [-0.15, -0.1) is 12.4 Å². The number of hydrogen-bond acceptors (Lipinski definition) is 5. The van der Waals surface area contributed by atoms with E-state index in [9.17, 15) is 4.79 Å². The largest absolute Gasteiger partial charge is 0.464 e. The van der Waals surface area contributed by atoms with Crippen LogP contribution in [0.5, 0.6) is 0 Å². The molecule has 0 bridgehead atoms. The Hall–Kier alpha value is -2.73. The molecule has 5 N–H and O–H groups in total. The van der Waals surface area contributed by atoms with Gasteiger partial charge in [0.15, 0.2) is 6.04 Å². The first-order valence-corrected chi connectivity index (χ1v) is 9.24. The Bertz CT molecular complexity index is 793. The quantitative estimate of drug-likeness (QED) is 0.286. The molecule has 0 radical (unpaired) electrons. The Morgan fingerprint density at radius 1 is 1.14 bits per heavy atom. The zero-order chi connectivity index (χ0) is 19.8. The maximum Gasteiger partial charge on any atom is 0.333 e. The van der Waals surface area contributed by atoms with E-state index in [0.717, 1.165) is 35.5 Å². The molecule has 0 spiro atoms. The Morgan fingerprint density at radius 2 is 1.82 bits per heavy atom. The molecule has 0 fully saturated rings. The Balaban J connectivity index is 0.00000392. The third-order valence-corrected chi connectivity index (χ3v) is 4.24. The summed E-state index contributed by atoms with van der Waals surface area (Å²) in [5, 5.41) is 14.1. The molecule has 0 amide bonds. The third kappa shape index (κ3) is 5.89. The molecule has 152 valence electrons. The second kappa shape index (κ2) is 11.2. The first-order chi connectivity index (χ1) is 13.0. The molecule has 0 saturated heterocycles. The van der Waals surface area contributed by atoms with Crippen LogP contribution >= 0.6 is 12.4 Å². The standard InChI is InChI=1S/C21H28N4O2.ClH/c1-4-14-13-16(9-12-18(14)24-5-2)19(21(26)27-6-3)25-17-10-7-15(8-11-17)20(22)23;/h7-13,19,24-25H,4-6H2,1-3H3,(H3,22,23);1H. The summed E-state index contributed by atoms with van der Waals surface area (Å²) < 4.78 is 5.27. The average molecular weight is 405 g/mol. The number of aryl methyl sites for hydroxylation is 1. The van der Waals surface area contributed by atoms with Crippen molar-refractivity contribution in [2.45, 2.75) is 33.2 Å². The lowest BCUT2D eigenvalue weighted by Gasteiger charge is -2.21. The van der Waals surface area contributed by atoms with E-state index in [4.69, 9.17) is 15.9 Å². The fraction of sp³-hybridized carbons (Fsp3) is 0.333. The summed E-state index contributed by atoms with van der Waals surface area (Å²) in [6.45, 7) is 7.10. The highest BCUT2D eigenvalue weighted by molar-refractivity contribution is 5.95. The SMILES string of the molecule is CCNc1ccc(C(Nc2ccc(C(=N)N)cc2)C(=O)OCC)cc1CC.Cl. The van der Waals surface area contributed by atoms with Gasteiger partial charge < -0.3 is 21.1 Å². The predicted molar refractivity (Wildman–Crippen MR) is 118 cm³/mol. The minimum atomic E-state index is -0.617. The van der Waals surface area contributed by atoms with Crippen molar-refractivity contribution >= 4 is 35.6 Å². The molecule has 0 aliphatic rings. The molecule has 0 saturated carbocycles. The number of carbonyl (C=O) groups is 1. The van der Waals surface area contributed by atoms with Crippen LogP contribution in [0.3, 0.4) is 0 Å². The van der Waals surface area contributed by atoms with Gasteiger partial charge in [0.1, 0.15) is 5.84 Å². The first kappa shape index (κ1) is 23.3. The molecule has 7 heteroatoms. The number of benzene rings is 2. The van der Waals surface area contributed by atoms with Crippen molar-refractivity contribution in [3.05, 3.63) is 59.2 Å². The number of halogens is 1. The lowest BCUT2D eigenvalue weighted by molar-refractivity contribution is -0.144. The summed E-state index contributed by atoms with van der Waals surface area (Å²) in [7, 11) is 0. The molecule has 0 heterocycles. The minimum Gasteiger partial charge on any atom is -0.464 e. The summed E-state index contributed by atoms with van der Waals surface area (Å²) in [6.07, 6.45) is 0.860. The molecule has 1 atom stereocenters. The van der Waals surface area contributed by atoms with Crippen LogP contribution in [-0.2, 0) is 16.0 Å². The van der Waals surface area contributed by atoms with Gasteiger partial charge in [-0.2, -0.15) is 0 Å². The highest BCUT2D eigenvalue weighted by atomic mass is 35.5. The number of ether oxygens (including phenoxy) is 1.